The minimum atomic E-state index is -0.442. The summed E-state index contributed by atoms with van der Waals surface area (Å²) in [6.45, 7) is 6.27. The van der Waals surface area contributed by atoms with Gasteiger partial charge in [-0.25, -0.2) is 0 Å². The number of rotatable bonds is 4. The van der Waals surface area contributed by atoms with E-state index in [0.29, 0.717) is 12.3 Å². The van der Waals surface area contributed by atoms with E-state index in [1.165, 1.54) is 5.56 Å². The van der Waals surface area contributed by atoms with Crippen molar-refractivity contribution in [3.63, 3.8) is 0 Å². The Balaban J connectivity index is 3.16. The fourth-order valence-corrected chi connectivity index (χ4v) is 1.88. The lowest BCUT2D eigenvalue weighted by Gasteiger charge is -2.16. The van der Waals surface area contributed by atoms with Crippen LogP contribution < -0.4 is 10.5 Å². The Kier molecular flexibility index (Phi) is 4.53. The van der Waals surface area contributed by atoms with E-state index in [4.69, 9.17) is 15.7 Å². The third kappa shape index (κ3) is 3.21. The van der Waals surface area contributed by atoms with E-state index < -0.39 is 6.04 Å². The van der Waals surface area contributed by atoms with Gasteiger partial charge in [-0.15, -0.1) is 0 Å². The van der Waals surface area contributed by atoms with Gasteiger partial charge in [0, 0.05) is 6.42 Å². The van der Waals surface area contributed by atoms with Crippen molar-refractivity contribution in [2.45, 2.75) is 39.2 Å². The second-order valence-electron chi connectivity index (χ2n) is 4.62. The largest absolute Gasteiger partial charge is 0.496 e. The number of nitrogens with zero attached hydrogens (tertiary/aromatic N) is 1. The summed E-state index contributed by atoms with van der Waals surface area (Å²) in [6, 6.07) is 5.75. The van der Waals surface area contributed by atoms with Crippen LogP contribution in [0.3, 0.4) is 0 Å². The molecule has 0 saturated heterocycles. The Hall–Kier alpha value is -1.53. The van der Waals surface area contributed by atoms with Crippen LogP contribution in [0, 0.1) is 18.3 Å². The third-order valence-corrected chi connectivity index (χ3v) is 2.92. The highest BCUT2D eigenvalue weighted by Gasteiger charge is 2.12. The van der Waals surface area contributed by atoms with Crippen molar-refractivity contribution >= 4 is 0 Å². The monoisotopic (exact) mass is 232 g/mol. The van der Waals surface area contributed by atoms with E-state index in [2.05, 4.69) is 26.0 Å². The molecule has 0 saturated carbocycles. The van der Waals surface area contributed by atoms with Gasteiger partial charge in [-0.05, 0) is 35.6 Å². The van der Waals surface area contributed by atoms with Crippen LogP contribution in [-0.4, -0.2) is 13.2 Å². The average molecular weight is 232 g/mol. The van der Waals surface area contributed by atoms with Crippen molar-refractivity contribution in [2.75, 3.05) is 7.11 Å². The minimum absolute atomic E-state index is 0.391. The molecular formula is C14H20N2O. The fourth-order valence-electron chi connectivity index (χ4n) is 1.88. The maximum Gasteiger partial charge on any atom is 0.122 e. The first-order chi connectivity index (χ1) is 7.99. The van der Waals surface area contributed by atoms with Crippen LogP contribution >= 0.6 is 0 Å². The zero-order chi connectivity index (χ0) is 13.0. The van der Waals surface area contributed by atoms with Gasteiger partial charge in [0.05, 0.1) is 19.2 Å². The molecule has 0 aliphatic carbocycles. The lowest BCUT2D eigenvalue weighted by molar-refractivity contribution is 0.407. The van der Waals surface area contributed by atoms with Gasteiger partial charge >= 0.3 is 0 Å². The predicted octanol–water partition coefficient (Wildman–Crippen LogP) is 2.52. The second-order valence-corrected chi connectivity index (χ2v) is 4.62. The lowest BCUT2D eigenvalue weighted by Crippen LogP contribution is -2.20. The van der Waals surface area contributed by atoms with Crippen LogP contribution in [0.1, 0.15) is 36.5 Å². The molecule has 17 heavy (non-hydrogen) atoms. The molecule has 0 aliphatic rings. The fraction of sp³-hybridized carbons (Fsp3) is 0.500. The maximum absolute atomic E-state index is 8.77. The van der Waals surface area contributed by atoms with E-state index in [0.717, 1.165) is 16.9 Å². The molecule has 0 radical (unpaired) electrons. The molecule has 1 aromatic carbocycles. The standard InChI is InChI=1S/C14H20N2O/c1-9(2)13-7-11(6-12(16)8-15)10(3)5-14(13)17-4/h5,7,9,12H,6,16H2,1-4H3. The molecule has 0 bridgehead atoms. The summed E-state index contributed by atoms with van der Waals surface area (Å²) in [4.78, 5) is 0. The summed E-state index contributed by atoms with van der Waals surface area (Å²) in [5.41, 5.74) is 9.09. The van der Waals surface area contributed by atoms with Gasteiger partial charge in [-0.2, -0.15) is 5.26 Å². The van der Waals surface area contributed by atoms with Gasteiger partial charge in [0.1, 0.15) is 5.75 Å². The highest BCUT2D eigenvalue weighted by Crippen LogP contribution is 2.29. The Morgan fingerprint density at radius 3 is 2.53 bits per heavy atom. The first-order valence-corrected chi connectivity index (χ1v) is 5.82. The van der Waals surface area contributed by atoms with E-state index in [9.17, 15) is 0 Å². The Labute approximate surface area is 103 Å². The number of hydrogen-bond donors (Lipinski definition) is 1. The van der Waals surface area contributed by atoms with Crippen molar-refractivity contribution in [3.05, 3.63) is 28.8 Å². The van der Waals surface area contributed by atoms with E-state index >= 15 is 0 Å². The van der Waals surface area contributed by atoms with Crippen molar-refractivity contribution in [1.82, 2.24) is 0 Å². The third-order valence-electron chi connectivity index (χ3n) is 2.92. The molecule has 0 aliphatic heterocycles. The van der Waals surface area contributed by atoms with Crippen LogP contribution in [0.4, 0.5) is 0 Å². The molecule has 92 valence electrons. The van der Waals surface area contributed by atoms with Gasteiger partial charge in [0.15, 0.2) is 0 Å². The van der Waals surface area contributed by atoms with Gasteiger partial charge in [-0.3, -0.25) is 0 Å². The first kappa shape index (κ1) is 13.5. The van der Waals surface area contributed by atoms with E-state index in [-0.39, 0.29) is 0 Å². The maximum atomic E-state index is 8.77. The van der Waals surface area contributed by atoms with Gasteiger partial charge in [0.2, 0.25) is 0 Å². The van der Waals surface area contributed by atoms with Crippen molar-refractivity contribution < 1.29 is 4.74 Å². The zero-order valence-electron chi connectivity index (χ0n) is 10.9. The topological polar surface area (TPSA) is 59.0 Å². The SMILES string of the molecule is COc1cc(C)c(CC(N)C#N)cc1C(C)C. The summed E-state index contributed by atoms with van der Waals surface area (Å²) < 4.78 is 5.38. The number of ether oxygens (including phenoxy) is 1. The minimum Gasteiger partial charge on any atom is -0.496 e. The Morgan fingerprint density at radius 1 is 1.41 bits per heavy atom. The molecule has 1 unspecified atom stereocenters. The molecule has 0 amide bonds. The number of benzene rings is 1. The van der Waals surface area contributed by atoms with Crippen molar-refractivity contribution in [2.24, 2.45) is 5.73 Å². The number of nitriles is 1. The van der Waals surface area contributed by atoms with E-state index in [1.807, 2.05) is 13.0 Å². The molecule has 1 rings (SSSR count). The summed E-state index contributed by atoms with van der Waals surface area (Å²) in [5, 5.41) is 8.77. The predicted molar refractivity (Wildman–Crippen MR) is 69.1 cm³/mol. The summed E-state index contributed by atoms with van der Waals surface area (Å²) in [5.74, 6) is 1.30. The van der Waals surface area contributed by atoms with Crippen LogP contribution in [0.25, 0.3) is 0 Å². The highest BCUT2D eigenvalue weighted by molar-refractivity contribution is 5.44. The molecule has 2 N–H and O–H groups in total. The lowest BCUT2D eigenvalue weighted by atomic mass is 9.93. The molecule has 1 aromatic rings. The summed E-state index contributed by atoms with van der Waals surface area (Å²) in [6.07, 6.45) is 0.589. The molecule has 1 atom stereocenters. The van der Waals surface area contributed by atoms with Crippen LogP contribution in [-0.2, 0) is 6.42 Å². The zero-order valence-corrected chi connectivity index (χ0v) is 10.9. The number of hydrogen-bond acceptors (Lipinski definition) is 3. The van der Waals surface area contributed by atoms with Crippen molar-refractivity contribution in [3.8, 4) is 11.8 Å². The number of methoxy groups -OCH3 is 1. The van der Waals surface area contributed by atoms with Gasteiger partial charge < -0.3 is 10.5 Å². The number of aryl methyl sites for hydroxylation is 1. The summed E-state index contributed by atoms with van der Waals surface area (Å²) >= 11 is 0. The normalized spacial score (nSPS) is 12.3. The molecular weight excluding hydrogens is 212 g/mol. The Bertz CT molecular complexity index is 433. The Morgan fingerprint density at radius 2 is 2.06 bits per heavy atom. The second kappa shape index (κ2) is 5.70. The molecule has 0 heterocycles. The van der Waals surface area contributed by atoms with Crippen molar-refractivity contribution in [1.29, 1.82) is 5.26 Å². The van der Waals surface area contributed by atoms with Gasteiger partial charge in [-0.1, -0.05) is 19.9 Å². The highest BCUT2D eigenvalue weighted by atomic mass is 16.5. The van der Waals surface area contributed by atoms with Crippen LogP contribution in [0.5, 0.6) is 5.75 Å². The smallest absolute Gasteiger partial charge is 0.122 e. The first-order valence-electron chi connectivity index (χ1n) is 5.82. The van der Waals surface area contributed by atoms with E-state index in [1.54, 1.807) is 7.11 Å². The number of nitrogens with two attached hydrogens (primary N) is 1. The molecule has 3 nitrogen and oxygen atoms in total. The molecule has 3 heteroatoms. The van der Waals surface area contributed by atoms with Gasteiger partial charge in [0.25, 0.3) is 0 Å². The quantitative estimate of drug-likeness (QED) is 0.867. The van der Waals surface area contributed by atoms with Crippen LogP contribution in [0.2, 0.25) is 0 Å². The molecule has 0 spiro atoms. The summed E-state index contributed by atoms with van der Waals surface area (Å²) in [7, 11) is 1.68. The average Bonchev–Trinajstić information content (AvgIpc) is 2.30. The molecule has 0 fully saturated rings. The van der Waals surface area contributed by atoms with Crippen LogP contribution in [0.15, 0.2) is 12.1 Å². The molecule has 0 aromatic heterocycles.